The van der Waals surface area contributed by atoms with Gasteiger partial charge in [0.25, 0.3) is 0 Å². The molecule has 3 aromatic rings. The van der Waals surface area contributed by atoms with Gasteiger partial charge in [0, 0.05) is 17.5 Å². The molecule has 0 saturated carbocycles. The van der Waals surface area contributed by atoms with Crippen LogP contribution >= 0.6 is 0 Å². The monoisotopic (exact) mass is 367 g/mol. The maximum Gasteiger partial charge on any atom is 0.407 e. The molecule has 1 N–H and O–H groups in total. The van der Waals surface area contributed by atoms with E-state index in [0.29, 0.717) is 5.58 Å². The number of carbonyl (C=O) groups excluding carboxylic acids is 2. The molecule has 7 nitrogen and oxygen atoms in total. The molecule has 0 radical (unpaired) electrons. The Morgan fingerprint density at radius 1 is 1.07 bits per heavy atom. The second-order valence-electron chi connectivity index (χ2n) is 5.80. The van der Waals surface area contributed by atoms with Gasteiger partial charge in [-0.05, 0) is 30.2 Å². The number of esters is 1. The van der Waals surface area contributed by atoms with E-state index in [2.05, 4.69) is 5.32 Å². The zero-order chi connectivity index (χ0) is 19.2. The fraction of sp³-hybridized carbons (Fsp3) is 0.150. The summed E-state index contributed by atoms with van der Waals surface area (Å²) in [4.78, 5) is 35.0. The van der Waals surface area contributed by atoms with Crippen molar-refractivity contribution in [3.63, 3.8) is 0 Å². The van der Waals surface area contributed by atoms with Crippen molar-refractivity contribution in [2.75, 3.05) is 6.54 Å². The first-order chi connectivity index (χ1) is 13.0. The predicted octanol–water partition coefficient (Wildman–Crippen LogP) is 2.93. The van der Waals surface area contributed by atoms with Crippen LogP contribution in [0.4, 0.5) is 4.79 Å². The molecule has 0 saturated heterocycles. The number of nitrogens with one attached hydrogen (secondary N) is 1. The molecule has 0 fully saturated rings. The van der Waals surface area contributed by atoms with Gasteiger partial charge in [0.2, 0.25) is 0 Å². The van der Waals surface area contributed by atoms with E-state index < -0.39 is 17.7 Å². The predicted molar refractivity (Wildman–Crippen MR) is 97.5 cm³/mol. The molecule has 7 heteroatoms. The van der Waals surface area contributed by atoms with Crippen molar-refractivity contribution in [1.29, 1.82) is 0 Å². The Balaban J connectivity index is 1.52. The first-order valence-corrected chi connectivity index (χ1v) is 8.21. The third kappa shape index (κ3) is 4.94. The molecular weight excluding hydrogens is 350 g/mol. The van der Waals surface area contributed by atoms with Crippen molar-refractivity contribution >= 4 is 23.0 Å². The fourth-order valence-electron chi connectivity index (χ4n) is 2.45. The number of alkyl carbamates (subject to hydrolysis) is 1. The molecule has 0 bridgehead atoms. The fourth-order valence-corrected chi connectivity index (χ4v) is 2.45. The summed E-state index contributed by atoms with van der Waals surface area (Å²) in [6.07, 6.45) is -0.726. The van der Waals surface area contributed by atoms with Crippen molar-refractivity contribution in [2.24, 2.45) is 0 Å². The molecule has 1 aromatic heterocycles. The van der Waals surface area contributed by atoms with E-state index in [9.17, 15) is 14.4 Å². The summed E-state index contributed by atoms with van der Waals surface area (Å²) >= 11 is 0. The quantitative estimate of drug-likeness (QED) is 0.423. The van der Waals surface area contributed by atoms with Crippen LogP contribution in [0, 0.1) is 6.92 Å². The van der Waals surface area contributed by atoms with Gasteiger partial charge in [-0.15, -0.1) is 0 Å². The van der Waals surface area contributed by atoms with Gasteiger partial charge in [-0.25, -0.2) is 14.4 Å². The molecule has 0 aliphatic carbocycles. The Morgan fingerprint density at radius 2 is 1.85 bits per heavy atom. The molecule has 1 amide bonds. The Bertz CT molecular complexity index is 1030. The minimum absolute atomic E-state index is 0.102. The van der Waals surface area contributed by atoms with Gasteiger partial charge in [0.05, 0.1) is 0 Å². The number of aryl methyl sites for hydroxylation is 1. The lowest BCUT2D eigenvalue weighted by Crippen LogP contribution is -2.32. The van der Waals surface area contributed by atoms with E-state index in [-0.39, 0.29) is 18.9 Å². The van der Waals surface area contributed by atoms with Crippen LogP contribution in [-0.2, 0) is 16.1 Å². The van der Waals surface area contributed by atoms with Crippen molar-refractivity contribution in [3.8, 4) is 5.75 Å². The van der Waals surface area contributed by atoms with Crippen LogP contribution in [0.3, 0.4) is 0 Å². The number of ether oxygens (including phenoxy) is 2. The largest absolute Gasteiger partial charge is 0.445 e. The van der Waals surface area contributed by atoms with E-state index in [4.69, 9.17) is 13.9 Å². The van der Waals surface area contributed by atoms with Crippen LogP contribution in [0.2, 0.25) is 0 Å². The van der Waals surface area contributed by atoms with Crippen LogP contribution in [0.25, 0.3) is 11.0 Å². The van der Waals surface area contributed by atoms with E-state index in [1.807, 2.05) is 30.3 Å². The average molecular weight is 367 g/mol. The maximum atomic E-state index is 11.9. The Morgan fingerprint density at radius 3 is 2.63 bits per heavy atom. The first kappa shape index (κ1) is 18.2. The number of rotatable bonds is 5. The van der Waals surface area contributed by atoms with Crippen molar-refractivity contribution in [1.82, 2.24) is 5.32 Å². The van der Waals surface area contributed by atoms with Crippen LogP contribution in [-0.4, -0.2) is 18.6 Å². The Kier molecular flexibility index (Phi) is 5.51. The highest BCUT2D eigenvalue weighted by Crippen LogP contribution is 2.22. The normalized spacial score (nSPS) is 10.4. The number of carbonyl (C=O) groups is 2. The minimum Gasteiger partial charge on any atom is -0.445 e. The van der Waals surface area contributed by atoms with Crippen LogP contribution in [0.15, 0.2) is 63.8 Å². The first-order valence-electron chi connectivity index (χ1n) is 8.21. The number of fused-ring (bicyclic) bond motifs is 1. The number of hydrogen-bond acceptors (Lipinski definition) is 6. The van der Waals surface area contributed by atoms with E-state index in [0.717, 1.165) is 16.5 Å². The van der Waals surface area contributed by atoms with Gasteiger partial charge in [0.1, 0.15) is 24.5 Å². The smallest absolute Gasteiger partial charge is 0.407 e. The molecule has 0 atom stereocenters. The summed E-state index contributed by atoms with van der Waals surface area (Å²) in [7, 11) is 0. The van der Waals surface area contributed by atoms with Crippen molar-refractivity contribution in [3.05, 3.63) is 76.1 Å². The van der Waals surface area contributed by atoms with Gasteiger partial charge in [-0.1, -0.05) is 30.3 Å². The van der Waals surface area contributed by atoms with Gasteiger partial charge < -0.3 is 19.2 Å². The molecule has 0 aliphatic heterocycles. The third-order valence-corrected chi connectivity index (χ3v) is 3.74. The number of benzene rings is 2. The van der Waals surface area contributed by atoms with Crippen LogP contribution < -0.4 is 15.7 Å². The van der Waals surface area contributed by atoms with E-state index in [1.54, 1.807) is 19.1 Å². The van der Waals surface area contributed by atoms with Crippen LogP contribution in [0.5, 0.6) is 5.75 Å². The molecule has 0 spiro atoms. The molecule has 3 rings (SSSR count). The van der Waals surface area contributed by atoms with Gasteiger partial charge in [-0.2, -0.15) is 0 Å². The highest BCUT2D eigenvalue weighted by molar-refractivity contribution is 5.83. The molecule has 0 aliphatic rings. The minimum atomic E-state index is -0.726. The zero-order valence-electron chi connectivity index (χ0n) is 14.6. The lowest BCUT2D eigenvalue weighted by atomic mass is 10.1. The molecule has 2 aromatic carbocycles. The number of hydrogen-bond donors (Lipinski definition) is 1. The second-order valence-corrected chi connectivity index (χ2v) is 5.80. The van der Waals surface area contributed by atoms with Gasteiger partial charge in [0.15, 0.2) is 0 Å². The Labute approximate surface area is 154 Å². The van der Waals surface area contributed by atoms with E-state index >= 15 is 0 Å². The topological polar surface area (TPSA) is 94.8 Å². The third-order valence-electron chi connectivity index (χ3n) is 3.74. The molecule has 0 unspecified atom stereocenters. The summed E-state index contributed by atoms with van der Waals surface area (Å²) in [5.74, 6) is -0.471. The SMILES string of the molecule is Cc1cc(=O)oc2cc(OC(=O)CNC(=O)OCc3ccccc3)ccc12. The zero-order valence-corrected chi connectivity index (χ0v) is 14.6. The molecule has 138 valence electrons. The van der Waals surface area contributed by atoms with Crippen LogP contribution in [0.1, 0.15) is 11.1 Å². The van der Waals surface area contributed by atoms with E-state index in [1.165, 1.54) is 12.1 Å². The summed E-state index contributed by atoms with van der Waals surface area (Å²) < 4.78 is 15.2. The van der Waals surface area contributed by atoms with Gasteiger partial charge >= 0.3 is 17.7 Å². The second kappa shape index (κ2) is 8.18. The van der Waals surface area contributed by atoms with Gasteiger partial charge in [-0.3, -0.25) is 0 Å². The standard InChI is InChI=1S/C20H17NO6/c1-13-9-18(22)27-17-10-15(7-8-16(13)17)26-19(23)11-21-20(24)25-12-14-5-3-2-4-6-14/h2-10H,11-12H2,1H3,(H,21,24). The average Bonchev–Trinajstić information content (AvgIpc) is 2.65. The summed E-state index contributed by atoms with van der Waals surface area (Å²) in [5.41, 5.74) is 1.44. The molecular formula is C20H17NO6. The highest BCUT2D eigenvalue weighted by Gasteiger charge is 2.10. The number of amides is 1. The molecule has 27 heavy (non-hydrogen) atoms. The summed E-state index contributed by atoms with van der Waals surface area (Å²) in [5, 5.41) is 3.07. The Hall–Kier alpha value is -3.61. The maximum absolute atomic E-state index is 11.9. The van der Waals surface area contributed by atoms with Crippen molar-refractivity contribution < 1.29 is 23.5 Å². The lowest BCUT2D eigenvalue weighted by Gasteiger charge is -2.08. The lowest BCUT2D eigenvalue weighted by molar-refractivity contribution is -0.133. The van der Waals surface area contributed by atoms with Crippen molar-refractivity contribution in [2.45, 2.75) is 13.5 Å². The molecule has 1 heterocycles. The summed E-state index contributed by atoms with van der Waals surface area (Å²) in [6, 6.07) is 15.3. The highest BCUT2D eigenvalue weighted by atomic mass is 16.6. The summed E-state index contributed by atoms with van der Waals surface area (Å²) in [6.45, 7) is 1.53.